The van der Waals surface area contributed by atoms with Gasteiger partial charge in [0.15, 0.2) is 5.96 Å². The molecule has 24 heavy (non-hydrogen) atoms. The van der Waals surface area contributed by atoms with E-state index in [9.17, 15) is 0 Å². The monoisotopic (exact) mass is 452 g/mol. The van der Waals surface area contributed by atoms with Crippen molar-refractivity contribution in [1.82, 2.24) is 15.5 Å². The van der Waals surface area contributed by atoms with Gasteiger partial charge in [0.1, 0.15) is 0 Å². The quantitative estimate of drug-likeness (QED) is 0.355. The summed E-state index contributed by atoms with van der Waals surface area (Å²) in [5, 5.41) is 6.93. The van der Waals surface area contributed by atoms with Crippen LogP contribution in [0, 0.1) is 5.92 Å². The minimum absolute atomic E-state index is 0. The van der Waals surface area contributed by atoms with Gasteiger partial charge in [0, 0.05) is 32.2 Å². The molecule has 0 radical (unpaired) electrons. The molecule has 0 aromatic rings. The van der Waals surface area contributed by atoms with Gasteiger partial charge >= 0.3 is 0 Å². The van der Waals surface area contributed by atoms with Gasteiger partial charge in [-0.05, 0) is 38.6 Å². The number of morpholine rings is 1. The third-order valence-electron chi connectivity index (χ3n) is 4.98. The fourth-order valence-electron chi connectivity index (χ4n) is 3.55. The summed E-state index contributed by atoms with van der Waals surface area (Å²) in [7, 11) is 1.84. The Bertz CT molecular complexity index is 378. The van der Waals surface area contributed by atoms with E-state index in [4.69, 9.17) is 4.74 Å². The van der Waals surface area contributed by atoms with Crippen molar-refractivity contribution in [3.05, 3.63) is 0 Å². The predicted octanol–water partition coefficient (Wildman–Crippen LogP) is 2.85. The van der Waals surface area contributed by atoms with Gasteiger partial charge in [-0.3, -0.25) is 9.89 Å². The van der Waals surface area contributed by atoms with E-state index in [1.54, 1.807) is 0 Å². The van der Waals surface area contributed by atoms with Gasteiger partial charge in [0.2, 0.25) is 0 Å². The molecule has 0 spiro atoms. The summed E-state index contributed by atoms with van der Waals surface area (Å²) in [5.74, 6) is 1.69. The molecule has 2 saturated heterocycles. The first-order valence-electron chi connectivity index (χ1n) is 9.41. The van der Waals surface area contributed by atoms with E-state index in [0.29, 0.717) is 12.1 Å². The second-order valence-electron chi connectivity index (χ2n) is 7.57. The van der Waals surface area contributed by atoms with Gasteiger partial charge in [0.25, 0.3) is 0 Å². The van der Waals surface area contributed by atoms with Crippen LogP contribution in [0.3, 0.4) is 0 Å². The highest BCUT2D eigenvalue weighted by Crippen LogP contribution is 2.22. The SMILES string of the molecule is CN=C(NCC1CN2CCCC2CO1)NC(C)CCCC(C)C.I. The van der Waals surface area contributed by atoms with E-state index < -0.39 is 0 Å². The minimum atomic E-state index is 0. The standard InChI is InChI=1S/C18H36N4O.HI/c1-14(2)7-5-8-15(3)21-18(19-4)20-11-17-12-22-10-6-9-16(22)13-23-17;/h14-17H,5-13H2,1-4H3,(H2,19,20,21);1H. The Kier molecular flexibility index (Phi) is 10.5. The van der Waals surface area contributed by atoms with Crippen LogP contribution < -0.4 is 10.6 Å². The molecule has 0 aromatic carbocycles. The molecule has 3 atom stereocenters. The predicted molar refractivity (Wildman–Crippen MR) is 112 cm³/mol. The van der Waals surface area contributed by atoms with E-state index in [1.165, 1.54) is 38.6 Å². The lowest BCUT2D eigenvalue weighted by Gasteiger charge is -2.35. The van der Waals surface area contributed by atoms with Crippen LogP contribution >= 0.6 is 24.0 Å². The van der Waals surface area contributed by atoms with Crippen LogP contribution in [0.15, 0.2) is 4.99 Å². The maximum atomic E-state index is 6.00. The number of guanidine groups is 1. The molecule has 0 amide bonds. The molecular weight excluding hydrogens is 415 g/mol. The first kappa shape index (κ1) is 22.0. The third kappa shape index (κ3) is 7.44. The number of nitrogens with one attached hydrogen (secondary N) is 2. The Morgan fingerprint density at radius 3 is 2.79 bits per heavy atom. The van der Waals surface area contributed by atoms with Crippen molar-refractivity contribution in [3.63, 3.8) is 0 Å². The van der Waals surface area contributed by atoms with E-state index in [0.717, 1.165) is 31.6 Å². The Morgan fingerprint density at radius 2 is 2.08 bits per heavy atom. The van der Waals surface area contributed by atoms with Crippen LogP contribution in [-0.2, 0) is 4.74 Å². The smallest absolute Gasteiger partial charge is 0.191 e. The Morgan fingerprint density at radius 1 is 1.29 bits per heavy atom. The van der Waals surface area contributed by atoms with Crippen molar-refractivity contribution >= 4 is 29.9 Å². The summed E-state index contributed by atoms with van der Waals surface area (Å²) in [6.07, 6.45) is 6.66. The summed E-state index contributed by atoms with van der Waals surface area (Å²) in [4.78, 5) is 6.93. The number of hydrogen-bond acceptors (Lipinski definition) is 3. The van der Waals surface area contributed by atoms with Crippen molar-refractivity contribution in [1.29, 1.82) is 0 Å². The second kappa shape index (κ2) is 11.5. The highest BCUT2D eigenvalue weighted by atomic mass is 127. The van der Waals surface area contributed by atoms with Crippen molar-refractivity contribution in [2.75, 3.05) is 33.3 Å². The maximum absolute atomic E-state index is 6.00. The number of hydrogen-bond donors (Lipinski definition) is 2. The number of aliphatic imine (C=N–C) groups is 1. The molecule has 5 nitrogen and oxygen atoms in total. The van der Waals surface area contributed by atoms with E-state index in [2.05, 4.69) is 41.3 Å². The van der Waals surface area contributed by atoms with Gasteiger partial charge in [-0.25, -0.2) is 0 Å². The lowest BCUT2D eigenvalue weighted by atomic mass is 10.0. The fourth-order valence-corrected chi connectivity index (χ4v) is 3.55. The van der Waals surface area contributed by atoms with Gasteiger partial charge in [-0.15, -0.1) is 24.0 Å². The number of halogens is 1. The molecule has 2 aliphatic rings. The average molecular weight is 452 g/mol. The van der Waals surface area contributed by atoms with E-state index >= 15 is 0 Å². The molecule has 3 unspecified atom stereocenters. The van der Waals surface area contributed by atoms with Crippen LogP contribution in [0.25, 0.3) is 0 Å². The molecule has 2 N–H and O–H groups in total. The summed E-state index contributed by atoms with van der Waals surface area (Å²) >= 11 is 0. The van der Waals surface area contributed by atoms with Crippen LogP contribution in [0.4, 0.5) is 0 Å². The zero-order chi connectivity index (χ0) is 16.7. The molecule has 2 aliphatic heterocycles. The van der Waals surface area contributed by atoms with E-state index in [1.807, 2.05) is 7.05 Å². The fraction of sp³-hybridized carbons (Fsp3) is 0.944. The number of fused-ring (bicyclic) bond motifs is 1. The van der Waals surface area contributed by atoms with Crippen molar-refractivity contribution < 1.29 is 4.74 Å². The first-order chi connectivity index (χ1) is 11.1. The first-order valence-corrected chi connectivity index (χ1v) is 9.41. The van der Waals surface area contributed by atoms with Crippen LogP contribution in [0.2, 0.25) is 0 Å². The number of ether oxygens (including phenoxy) is 1. The zero-order valence-corrected chi connectivity index (χ0v) is 18.2. The molecule has 2 rings (SSSR count). The van der Waals surface area contributed by atoms with Crippen LogP contribution in [-0.4, -0.2) is 62.3 Å². The summed E-state index contributed by atoms with van der Waals surface area (Å²) in [6, 6.07) is 1.12. The van der Waals surface area contributed by atoms with Crippen LogP contribution in [0.5, 0.6) is 0 Å². The highest BCUT2D eigenvalue weighted by molar-refractivity contribution is 14.0. The molecule has 142 valence electrons. The van der Waals surface area contributed by atoms with E-state index in [-0.39, 0.29) is 30.1 Å². The topological polar surface area (TPSA) is 48.9 Å². The number of nitrogens with zero attached hydrogens (tertiary/aromatic N) is 2. The lowest BCUT2D eigenvalue weighted by Crippen LogP contribution is -2.52. The number of rotatable bonds is 7. The lowest BCUT2D eigenvalue weighted by molar-refractivity contribution is -0.0453. The summed E-state index contributed by atoms with van der Waals surface area (Å²) in [6.45, 7) is 10.8. The van der Waals surface area contributed by atoms with Crippen molar-refractivity contribution in [3.8, 4) is 0 Å². The second-order valence-corrected chi connectivity index (χ2v) is 7.57. The molecular formula is C18H37IN4O. The van der Waals surface area contributed by atoms with Crippen LogP contribution in [0.1, 0.15) is 52.9 Å². The zero-order valence-electron chi connectivity index (χ0n) is 15.9. The highest BCUT2D eigenvalue weighted by Gasteiger charge is 2.32. The average Bonchev–Trinajstić information content (AvgIpc) is 2.98. The van der Waals surface area contributed by atoms with Gasteiger partial charge in [-0.2, -0.15) is 0 Å². The molecule has 6 heteroatoms. The molecule has 0 bridgehead atoms. The van der Waals surface area contributed by atoms with Crippen molar-refractivity contribution in [2.24, 2.45) is 10.9 Å². The van der Waals surface area contributed by atoms with Gasteiger partial charge in [0.05, 0.1) is 12.7 Å². The van der Waals surface area contributed by atoms with Gasteiger partial charge in [-0.1, -0.05) is 26.7 Å². The molecule has 2 fully saturated rings. The Hall–Kier alpha value is -0.0800. The third-order valence-corrected chi connectivity index (χ3v) is 4.98. The molecule has 2 heterocycles. The molecule has 0 aromatic heterocycles. The Balaban J connectivity index is 0.00000288. The van der Waals surface area contributed by atoms with Gasteiger partial charge < -0.3 is 15.4 Å². The largest absolute Gasteiger partial charge is 0.373 e. The maximum Gasteiger partial charge on any atom is 0.191 e. The summed E-state index contributed by atoms with van der Waals surface area (Å²) in [5.41, 5.74) is 0. The molecule has 0 aliphatic carbocycles. The minimum Gasteiger partial charge on any atom is -0.373 e. The normalized spacial score (nSPS) is 26.0. The summed E-state index contributed by atoms with van der Waals surface area (Å²) < 4.78 is 6.00. The Labute approximate surface area is 165 Å². The van der Waals surface area contributed by atoms with Crippen molar-refractivity contribution in [2.45, 2.75) is 71.1 Å². The molecule has 0 saturated carbocycles.